The van der Waals surface area contributed by atoms with Crippen LogP contribution in [0.2, 0.25) is 0 Å². The van der Waals surface area contributed by atoms with E-state index in [1.54, 1.807) is 10.9 Å². The first-order valence-electron chi connectivity index (χ1n) is 5.85. The molecular weight excluding hydrogens is 240 g/mol. The van der Waals surface area contributed by atoms with Crippen LogP contribution in [0.3, 0.4) is 0 Å². The van der Waals surface area contributed by atoms with E-state index in [9.17, 15) is 8.42 Å². The van der Waals surface area contributed by atoms with Gasteiger partial charge in [0.05, 0.1) is 17.6 Å². The Morgan fingerprint density at radius 3 is 3.06 bits per heavy atom. The molecule has 1 aliphatic rings. The van der Waals surface area contributed by atoms with Gasteiger partial charge < -0.3 is 5.32 Å². The minimum atomic E-state index is -3.28. The fourth-order valence-electron chi connectivity index (χ4n) is 1.97. The second-order valence-electron chi connectivity index (χ2n) is 4.26. The zero-order valence-electron chi connectivity index (χ0n) is 9.89. The molecule has 6 nitrogen and oxygen atoms in total. The Morgan fingerprint density at radius 2 is 2.47 bits per heavy atom. The largest absolute Gasteiger partial charge is 0.313 e. The van der Waals surface area contributed by atoms with E-state index in [1.165, 1.54) is 6.20 Å². The molecule has 1 aromatic heterocycles. The lowest BCUT2D eigenvalue weighted by atomic mass is 10.3. The predicted molar refractivity (Wildman–Crippen MR) is 66.3 cm³/mol. The smallest absolute Gasteiger partial charge is 0.234 e. The average molecular weight is 258 g/mol. The third-order valence-electron chi connectivity index (χ3n) is 2.81. The molecule has 0 bridgehead atoms. The molecule has 0 spiro atoms. The Bertz CT molecular complexity index is 462. The third-order valence-corrected chi connectivity index (χ3v) is 4.20. The number of hydrogen-bond acceptors (Lipinski definition) is 4. The summed E-state index contributed by atoms with van der Waals surface area (Å²) in [5.41, 5.74) is 0.532. The number of sulfonamides is 1. The molecule has 0 radical (unpaired) electrons. The van der Waals surface area contributed by atoms with Crippen molar-refractivity contribution in [2.24, 2.45) is 0 Å². The van der Waals surface area contributed by atoms with Crippen LogP contribution >= 0.6 is 0 Å². The van der Waals surface area contributed by atoms with Gasteiger partial charge in [-0.2, -0.15) is 5.10 Å². The number of aryl methyl sites for hydroxylation is 1. The maximum absolute atomic E-state index is 11.9. The molecular formula is C10H18N4O2S. The number of nitrogens with zero attached hydrogens (tertiary/aromatic N) is 2. The number of aromatic nitrogens is 2. The Hall–Kier alpha value is -1.08. The van der Waals surface area contributed by atoms with E-state index in [2.05, 4.69) is 15.1 Å². The average Bonchev–Trinajstić information content (AvgIpc) is 2.88. The lowest BCUT2D eigenvalue weighted by Gasteiger charge is -2.11. The number of rotatable bonds is 5. The number of hydrogen-bond donors (Lipinski definition) is 2. The molecule has 1 aromatic rings. The fourth-order valence-corrected chi connectivity index (χ4v) is 3.34. The molecule has 1 aliphatic heterocycles. The van der Waals surface area contributed by atoms with Gasteiger partial charge in [0.25, 0.3) is 0 Å². The van der Waals surface area contributed by atoms with Gasteiger partial charge in [-0.3, -0.25) is 9.40 Å². The second-order valence-corrected chi connectivity index (χ2v) is 6.03. The highest BCUT2D eigenvalue weighted by molar-refractivity contribution is 7.92. The SMILES string of the molecule is CCn1cc(NS(=O)(=O)CC2CCCN2)cn1. The first-order valence-corrected chi connectivity index (χ1v) is 7.50. The van der Waals surface area contributed by atoms with Crippen LogP contribution in [-0.4, -0.2) is 36.5 Å². The van der Waals surface area contributed by atoms with Crippen molar-refractivity contribution in [3.8, 4) is 0 Å². The molecule has 2 rings (SSSR count). The van der Waals surface area contributed by atoms with Crippen LogP contribution in [0, 0.1) is 0 Å². The Labute approximate surface area is 101 Å². The van der Waals surface area contributed by atoms with E-state index in [1.807, 2.05) is 6.92 Å². The normalized spacial score (nSPS) is 20.6. The van der Waals surface area contributed by atoms with Crippen molar-refractivity contribution >= 4 is 15.7 Å². The maximum atomic E-state index is 11.9. The molecule has 96 valence electrons. The fraction of sp³-hybridized carbons (Fsp3) is 0.700. The Morgan fingerprint density at radius 1 is 1.65 bits per heavy atom. The van der Waals surface area contributed by atoms with E-state index in [-0.39, 0.29) is 11.8 Å². The first-order chi connectivity index (χ1) is 8.09. The topological polar surface area (TPSA) is 76.0 Å². The summed E-state index contributed by atoms with van der Waals surface area (Å²) >= 11 is 0. The molecule has 0 aliphatic carbocycles. The molecule has 0 aromatic carbocycles. The van der Waals surface area contributed by atoms with Gasteiger partial charge in [-0.05, 0) is 26.3 Å². The highest BCUT2D eigenvalue weighted by Gasteiger charge is 2.22. The van der Waals surface area contributed by atoms with Crippen molar-refractivity contribution in [2.45, 2.75) is 32.4 Å². The standard InChI is InChI=1S/C10H18N4O2S/c1-2-14-7-10(6-12-14)13-17(15,16)8-9-4-3-5-11-9/h6-7,9,11,13H,2-5,8H2,1H3. The van der Waals surface area contributed by atoms with Gasteiger partial charge in [0, 0.05) is 18.8 Å². The minimum Gasteiger partial charge on any atom is -0.313 e. The van der Waals surface area contributed by atoms with Gasteiger partial charge in [0.1, 0.15) is 0 Å². The highest BCUT2D eigenvalue weighted by Crippen LogP contribution is 2.12. The monoisotopic (exact) mass is 258 g/mol. The summed E-state index contributed by atoms with van der Waals surface area (Å²) < 4.78 is 28.0. The van der Waals surface area contributed by atoms with Crippen LogP contribution in [0.25, 0.3) is 0 Å². The Balaban J connectivity index is 1.96. The van der Waals surface area contributed by atoms with E-state index in [4.69, 9.17) is 0 Å². The summed E-state index contributed by atoms with van der Waals surface area (Å²) in [6, 6.07) is 0.0775. The molecule has 1 saturated heterocycles. The van der Waals surface area contributed by atoms with Crippen molar-refractivity contribution in [1.29, 1.82) is 0 Å². The van der Waals surface area contributed by atoms with Gasteiger partial charge in [-0.1, -0.05) is 0 Å². The van der Waals surface area contributed by atoms with E-state index >= 15 is 0 Å². The molecule has 2 N–H and O–H groups in total. The van der Waals surface area contributed by atoms with Gasteiger partial charge in [0.15, 0.2) is 0 Å². The van der Waals surface area contributed by atoms with Crippen LogP contribution in [0.15, 0.2) is 12.4 Å². The molecule has 17 heavy (non-hydrogen) atoms. The predicted octanol–water partition coefficient (Wildman–Crippen LogP) is 0.397. The van der Waals surface area contributed by atoms with Crippen molar-refractivity contribution in [3.05, 3.63) is 12.4 Å². The van der Waals surface area contributed by atoms with Crippen molar-refractivity contribution < 1.29 is 8.42 Å². The van der Waals surface area contributed by atoms with E-state index in [0.29, 0.717) is 5.69 Å². The summed E-state index contributed by atoms with van der Waals surface area (Å²) in [6.07, 6.45) is 5.20. The first kappa shape index (κ1) is 12.4. The molecule has 0 saturated carbocycles. The van der Waals surface area contributed by atoms with Crippen LogP contribution < -0.4 is 10.0 Å². The minimum absolute atomic E-state index is 0.0775. The van der Waals surface area contributed by atoms with Gasteiger partial charge >= 0.3 is 0 Å². The summed E-state index contributed by atoms with van der Waals surface area (Å²) in [4.78, 5) is 0. The summed E-state index contributed by atoms with van der Waals surface area (Å²) in [5, 5.41) is 7.20. The van der Waals surface area contributed by atoms with Gasteiger partial charge in [0.2, 0.25) is 10.0 Å². The molecule has 1 atom stereocenters. The summed E-state index contributed by atoms with van der Waals surface area (Å²) in [5.74, 6) is 0.129. The van der Waals surface area contributed by atoms with Crippen LogP contribution in [-0.2, 0) is 16.6 Å². The molecule has 7 heteroatoms. The quantitative estimate of drug-likeness (QED) is 0.801. The molecule has 1 fully saturated rings. The van der Waals surface area contributed by atoms with Gasteiger partial charge in [-0.25, -0.2) is 8.42 Å². The molecule has 1 unspecified atom stereocenters. The third kappa shape index (κ3) is 3.44. The van der Waals surface area contributed by atoms with E-state index in [0.717, 1.165) is 25.9 Å². The van der Waals surface area contributed by atoms with Crippen LogP contribution in [0.4, 0.5) is 5.69 Å². The summed E-state index contributed by atoms with van der Waals surface area (Å²) in [6.45, 7) is 3.59. The Kier molecular flexibility index (Phi) is 3.68. The van der Waals surface area contributed by atoms with Gasteiger partial charge in [-0.15, -0.1) is 0 Å². The summed E-state index contributed by atoms with van der Waals surface area (Å²) in [7, 11) is -3.28. The highest BCUT2D eigenvalue weighted by atomic mass is 32.2. The van der Waals surface area contributed by atoms with Crippen molar-refractivity contribution in [3.63, 3.8) is 0 Å². The zero-order valence-corrected chi connectivity index (χ0v) is 10.7. The van der Waals surface area contributed by atoms with Crippen molar-refractivity contribution in [1.82, 2.24) is 15.1 Å². The van der Waals surface area contributed by atoms with E-state index < -0.39 is 10.0 Å². The van der Waals surface area contributed by atoms with Crippen LogP contribution in [0.1, 0.15) is 19.8 Å². The molecule has 0 amide bonds. The maximum Gasteiger partial charge on any atom is 0.234 e. The lowest BCUT2D eigenvalue weighted by Crippen LogP contribution is -2.32. The number of anilines is 1. The lowest BCUT2D eigenvalue weighted by molar-refractivity contribution is 0.582. The molecule has 2 heterocycles. The zero-order chi connectivity index (χ0) is 12.3. The van der Waals surface area contributed by atoms with Crippen LogP contribution in [0.5, 0.6) is 0 Å². The van der Waals surface area contributed by atoms with Crippen molar-refractivity contribution in [2.75, 3.05) is 17.0 Å². The number of nitrogens with one attached hydrogen (secondary N) is 2. The second kappa shape index (κ2) is 5.05.